The van der Waals surface area contributed by atoms with Crippen molar-refractivity contribution >= 4 is 48.6 Å². The lowest BCUT2D eigenvalue weighted by Gasteiger charge is -2.28. The van der Waals surface area contributed by atoms with Gasteiger partial charge in [-0.25, -0.2) is 5.06 Å². The van der Waals surface area contributed by atoms with Gasteiger partial charge in [-0.05, 0) is 65.7 Å². The Kier molecular flexibility index (Phi) is 11.9. The zero-order valence-electron chi connectivity index (χ0n) is 21.5. The number of hydrogen-bond acceptors (Lipinski definition) is 9. The van der Waals surface area contributed by atoms with E-state index in [0.29, 0.717) is 10.6 Å². The summed E-state index contributed by atoms with van der Waals surface area (Å²) in [6.07, 6.45) is -0.377. The third-order valence-corrected chi connectivity index (χ3v) is 7.76. The number of hydroxylamine groups is 2. The second-order valence-electron chi connectivity index (χ2n) is 10.0. The molecule has 0 saturated carbocycles. The number of rotatable bonds is 11. The van der Waals surface area contributed by atoms with E-state index in [0.717, 1.165) is 7.05 Å². The van der Waals surface area contributed by atoms with Gasteiger partial charge in [0, 0.05) is 13.5 Å². The van der Waals surface area contributed by atoms with Crippen LogP contribution in [0, 0.1) is 10.8 Å². The Morgan fingerprint density at radius 1 is 0.944 bits per heavy atom. The second-order valence-corrected chi connectivity index (χ2v) is 13.1. The first-order chi connectivity index (χ1) is 16.4. The van der Waals surface area contributed by atoms with Crippen LogP contribution in [0.5, 0.6) is 0 Å². The van der Waals surface area contributed by atoms with E-state index in [-0.39, 0.29) is 22.9 Å². The highest BCUT2D eigenvalue weighted by molar-refractivity contribution is 7.54. The third kappa shape index (κ3) is 10.00. The Morgan fingerprint density at radius 3 is 1.81 bits per heavy atom. The molecule has 0 aliphatic rings. The van der Waals surface area contributed by atoms with E-state index in [1.165, 1.54) is 18.2 Å². The fourth-order valence-corrected chi connectivity index (χ4v) is 4.72. The lowest BCUT2D eigenvalue weighted by Crippen LogP contribution is -2.25. The van der Waals surface area contributed by atoms with E-state index in [1.54, 1.807) is 41.5 Å². The fourth-order valence-electron chi connectivity index (χ4n) is 2.61. The van der Waals surface area contributed by atoms with Crippen molar-refractivity contribution in [3.63, 3.8) is 0 Å². The summed E-state index contributed by atoms with van der Waals surface area (Å²) in [4.78, 5) is 36.4. The molecule has 1 aromatic rings. The molecule has 36 heavy (non-hydrogen) atoms. The van der Waals surface area contributed by atoms with Crippen LogP contribution in [-0.2, 0) is 37.5 Å². The molecule has 13 heteroatoms. The summed E-state index contributed by atoms with van der Waals surface area (Å²) < 4.78 is 35.2. The van der Waals surface area contributed by atoms with Crippen LogP contribution in [0.4, 0.5) is 0 Å². The van der Waals surface area contributed by atoms with Crippen LogP contribution in [0.3, 0.4) is 0 Å². The van der Waals surface area contributed by atoms with Gasteiger partial charge in [0.1, 0.15) is 0 Å². The number of amides is 1. The molecule has 1 rings (SSSR count). The number of ether oxygens (including phenoxy) is 2. The predicted octanol–water partition coefficient (Wildman–Crippen LogP) is 5.98. The molecule has 0 heterocycles. The summed E-state index contributed by atoms with van der Waals surface area (Å²) in [5.74, 6) is -1.89. The minimum Gasteiger partial charge on any atom is -0.438 e. The molecule has 0 bridgehead atoms. The summed E-state index contributed by atoms with van der Waals surface area (Å²) in [6.45, 7) is 8.33. The molecule has 0 aliphatic heterocycles. The van der Waals surface area contributed by atoms with E-state index < -0.39 is 55.5 Å². The standard InChI is InChI=1S/C23H34Cl2NO9P/c1-22(2,3)20(28)32-13-34-36(31,35-14-33-21(29)23(4,5)6)18(10-11-19(27)26(7)30)15-8-9-16(24)17(25)12-15/h8-9,12,18,30H,10-11,13-14H2,1-7H3. The Labute approximate surface area is 221 Å². The first-order valence-electron chi connectivity index (χ1n) is 11.0. The quantitative estimate of drug-likeness (QED) is 0.112. The average Bonchev–Trinajstić information content (AvgIpc) is 2.74. The highest BCUT2D eigenvalue weighted by Gasteiger charge is 2.40. The third-order valence-electron chi connectivity index (χ3n) is 4.77. The van der Waals surface area contributed by atoms with Gasteiger partial charge in [-0.3, -0.25) is 33.2 Å². The highest BCUT2D eigenvalue weighted by Crippen LogP contribution is 2.63. The molecular weight excluding hydrogens is 536 g/mol. The number of esters is 2. The van der Waals surface area contributed by atoms with Gasteiger partial charge in [0.05, 0.1) is 26.5 Å². The molecule has 204 valence electrons. The van der Waals surface area contributed by atoms with Crippen molar-refractivity contribution in [3.8, 4) is 0 Å². The van der Waals surface area contributed by atoms with E-state index >= 15 is 0 Å². The predicted molar refractivity (Wildman–Crippen MR) is 134 cm³/mol. The molecule has 1 atom stereocenters. The monoisotopic (exact) mass is 569 g/mol. The topological polar surface area (TPSA) is 129 Å². The maximum absolute atomic E-state index is 14.1. The van der Waals surface area contributed by atoms with E-state index in [4.69, 9.17) is 41.7 Å². The molecule has 0 spiro atoms. The first-order valence-corrected chi connectivity index (χ1v) is 13.4. The van der Waals surface area contributed by atoms with Crippen LogP contribution in [-0.4, -0.2) is 48.7 Å². The van der Waals surface area contributed by atoms with Gasteiger partial charge in [0.15, 0.2) is 0 Å². The molecule has 0 saturated heterocycles. The number of hydrogen-bond donors (Lipinski definition) is 1. The summed E-state index contributed by atoms with van der Waals surface area (Å²) in [6, 6.07) is 4.42. The highest BCUT2D eigenvalue weighted by atomic mass is 35.5. The normalized spacial score (nSPS) is 13.2. The number of carbonyl (C=O) groups excluding carboxylic acids is 3. The number of nitrogens with zero attached hydrogens (tertiary/aromatic N) is 1. The van der Waals surface area contributed by atoms with Gasteiger partial charge in [0.2, 0.25) is 19.5 Å². The minimum absolute atomic E-state index is 0.126. The molecule has 1 amide bonds. The van der Waals surface area contributed by atoms with Gasteiger partial charge in [-0.15, -0.1) is 0 Å². The lowest BCUT2D eigenvalue weighted by molar-refractivity contribution is -0.162. The molecule has 1 aromatic carbocycles. The van der Waals surface area contributed by atoms with Crippen molar-refractivity contribution in [2.75, 3.05) is 20.6 Å². The zero-order valence-corrected chi connectivity index (χ0v) is 23.9. The summed E-state index contributed by atoms with van der Waals surface area (Å²) >= 11 is 12.2. The Bertz CT molecular complexity index is 951. The molecule has 1 N–H and O–H groups in total. The van der Waals surface area contributed by atoms with E-state index in [9.17, 15) is 24.2 Å². The first kappa shape index (κ1) is 32.3. The smallest absolute Gasteiger partial charge is 0.343 e. The Balaban J connectivity index is 3.32. The summed E-state index contributed by atoms with van der Waals surface area (Å²) in [5, 5.41) is 10.2. The zero-order chi connectivity index (χ0) is 27.9. The van der Waals surface area contributed by atoms with Crippen molar-refractivity contribution < 1.29 is 42.7 Å². The lowest BCUT2D eigenvalue weighted by atomic mass is 9.98. The van der Waals surface area contributed by atoms with Gasteiger partial charge >= 0.3 is 19.5 Å². The fraction of sp³-hybridized carbons (Fsp3) is 0.609. The minimum atomic E-state index is -4.30. The Morgan fingerprint density at radius 2 is 1.42 bits per heavy atom. The molecule has 1 unspecified atom stereocenters. The van der Waals surface area contributed by atoms with Crippen molar-refractivity contribution in [2.45, 2.75) is 60.0 Å². The number of benzene rings is 1. The molecule has 10 nitrogen and oxygen atoms in total. The average molecular weight is 570 g/mol. The van der Waals surface area contributed by atoms with E-state index in [2.05, 4.69) is 0 Å². The SMILES string of the molecule is CN(O)C(=O)CCC(c1ccc(Cl)c(Cl)c1)P(=O)(OCOC(=O)C(C)(C)C)OCOC(=O)C(C)(C)C. The largest absolute Gasteiger partial charge is 0.438 e. The number of halogens is 2. The summed E-state index contributed by atoms with van der Waals surface area (Å²) in [5.41, 5.74) is -2.49. The maximum atomic E-state index is 14.1. The molecule has 0 aromatic heterocycles. The van der Waals surface area contributed by atoms with Crippen LogP contribution >= 0.6 is 30.8 Å². The van der Waals surface area contributed by atoms with Gasteiger partial charge in [-0.2, -0.15) is 0 Å². The van der Waals surface area contributed by atoms with Gasteiger partial charge in [-0.1, -0.05) is 29.3 Å². The molecule has 0 radical (unpaired) electrons. The molecular formula is C23H34Cl2NO9P. The van der Waals surface area contributed by atoms with Crippen LogP contribution in [0.1, 0.15) is 65.6 Å². The second kappa shape index (κ2) is 13.2. The van der Waals surface area contributed by atoms with Crippen molar-refractivity contribution in [2.24, 2.45) is 10.8 Å². The molecule has 0 aliphatic carbocycles. The van der Waals surface area contributed by atoms with E-state index in [1.807, 2.05) is 0 Å². The van der Waals surface area contributed by atoms with Gasteiger partial charge in [0.25, 0.3) is 0 Å². The van der Waals surface area contributed by atoms with Crippen LogP contribution < -0.4 is 0 Å². The van der Waals surface area contributed by atoms with Crippen molar-refractivity contribution in [1.29, 1.82) is 0 Å². The van der Waals surface area contributed by atoms with Crippen LogP contribution in [0.2, 0.25) is 10.0 Å². The number of carbonyl (C=O) groups is 3. The molecule has 0 fully saturated rings. The van der Waals surface area contributed by atoms with Gasteiger partial charge < -0.3 is 9.47 Å². The summed E-state index contributed by atoms with van der Waals surface area (Å²) in [7, 11) is -3.14. The maximum Gasteiger partial charge on any atom is 0.343 e. The van der Waals surface area contributed by atoms with Crippen molar-refractivity contribution in [1.82, 2.24) is 5.06 Å². The Hall–Kier alpha value is -1.68. The van der Waals surface area contributed by atoms with Crippen molar-refractivity contribution in [3.05, 3.63) is 33.8 Å². The van der Waals surface area contributed by atoms with Crippen LogP contribution in [0.15, 0.2) is 18.2 Å². The van der Waals surface area contributed by atoms with Crippen LogP contribution in [0.25, 0.3) is 0 Å².